The first-order valence-corrected chi connectivity index (χ1v) is 8.28. The predicted octanol–water partition coefficient (Wildman–Crippen LogP) is 1.52. The average molecular weight is 327 g/mol. The fraction of sp³-hybridized carbons (Fsp3) is 0.400. The quantitative estimate of drug-likeness (QED) is 0.485. The van der Waals surface area contributed by atoms with Crippen LogP contribution in [0.3, 0.4) is 0 Å². The van der Waals surface area contributed by atoms with Gasteiger partial charge in [-0.1, -0.05) is 0 Å². The van der Waals surface area contributed by atoms with Crippen LogP contribution in [0.25, 0.3) is 0 Å². The van der Waals surface area contributed by atoms with Gasteiger partial charge in [0.25, 0.3) is 0 Å². The highest BCUT2D eigenvalue weighted by Gasteiger charge is 2.33. The minimum absolute atomic E-state index is 0.0351. The number of amidine groups is 1. The summed E-state index contributed by atoms with van der Waals surface area (Å²) in [5.74, 6) is -0.589. The van der Waals surface area contributed by atoms with Crippen LogP contribution in [0, 0.1) is 5.41 Å². The smallest absolute Gasteiger partial charge is 0.384 e. The van der Waals surface area contributed by atoms with Crippen LogP contribution in [0.2, 0.25) is 0 Å². The van der Waals surface area contributed by atoms with Crippen LogP contribution in [-0.4, -0.2) is 37.0 Å². The molecule has 0 aliphatic carbocycles. The highest BCUT2D eigenvalue weighted by molar-refractivity contribution is 8.00. The van der Waals surface area contributed by atoms with Crippen molar-refractivity contribution in [2.45, 2.75) is 11.2 Å². The lowest BCUT2D eigenvalue weighted by molar-refractivity contribution is -0.141. The minimum Gasteiger partial charge on any atom is -0.384 e. The first-order chi connectivity index (χ1) is 9.00. The van der Waals surface area contributed by atoms with Crippen LogP contribution < -0.4 is 5.73 Å². The largest absolute Gasteiger partial charge is 0.433 e. The first-order valence-electron chi connectivity index (χ1n) is 5.24. The monoisotopic (exact) mass is 327 g/mol. The van der Waals surface area contributed by atoms with Crippen molar-refractivity contribution in [1.29, 1.82) is 5.41 Å². The molecule has 0 aromatic carbocycles. The van der Waals surface area contributed by atoms with E-state index >= 15 is 0 Å². The summed E-state index contributed by atoms with van der Waals surface area (Å²) in [5, 5.41) is 7.18. The van der Waals surface area contributed by atoms with E-state index in [4.69, 9.17) is 11.1 Å². The Morgan fingerprint density at radius 2 is 2.05 bits per heavy atom. The van der Waals surface area contributed by atoms with Crippen LogP contribution in [0.15, 0.2) is 17.2 Å². The van der Waals surface area contributed by atoms with Crippen molar-refractivity contribution in [3.63, 3.8) is 0 Å². The van der Waals surface area contributed by atoms with E-state index in [1.165, 1.54) is 0 Å². The van der Waals surface area contributed by atoms with Gasteiger partial charge in [-0.2, -0.15) is 13.2 Å². The molecule has 1 aromatic rings. The molecule has 0 amide bonds. The maximum Gasteiger partial charge on any atom is 0.433 e. The molecule has 0 aliphatic heterocycles. The van der Waals surface area contributed by atoms with Gasteiger partial charge in [0.2, 0.25) is 0 Å². The topological polar surface area (TPSA) is 96.9 Å². The first kappa shape index (κ1) is 16.8. The summed E-state index contributed by atoms with van der Waals surface area (Å²) in [5.41, 5.74) is 4.21. The molecular formula is C10H12F3N3O2S2. The number of pyridine rings is 1. The number of nitrogen functional groups attached to an aromatic ring is 1. The van der Waals surface area contributed by atoms with E-state index in [1.807, 2.05) is 0 Å². The Morgan fingerprint density at radius 1 is 1.45 bits per heavy atom. The molecule has 0 bridgehead atoms. The molecule has 20 heavy (non-hydrogen) atoms. The average Bonchev–Trinajstić information content (AvgIpc) is 2.25. The number of halogens is 3. The molecule has 0 saturated carbocycles. The number of nitrogens with one attached hydrogen (secondary N) is 1. The second kappa shape index (κ2) is 6.00. The van der Waals surface area contributed by atoms with Gasteiger partial charge in [0.15, 0.2) is 0 Å². The zero-order valence-corrected chi connectivity index (χ0v) is 12.0. The molecule has 0 atom stereocenters. The Kier molecular flexibility index (Phi) is 5.03. The number of sulfone groups is 1. The van der Waals surface area contributed by atoms with Gasteiger partial charge in [0.05, 0.1) is 5.75 Å². The van der Waals surface area contributed by atoms with E-state index < -0.39 is 27.5 Å². The van der Waals surface area contributed by atoms with Crippen LogP contribution in [0.5, 0.6) is 0 Å². The molecular weight excluding hydrogens is 315 g/mol. The fourth-order valence-corrected chi connectivity index (χ4v) is 3.44. The summed E-state index contributed by atoms with van der Waals surface area (Å²) in [7, 11) is -3.22. The molecule has 3 N–H and O–H groups in total. The maximum atomic E-state index is 12.6. The Bertz CT molecular complexity index is 615. The predicted molar refractivity (Wildman–Crippen MR) is 70.7 cm³/mol. The van der Waals surface area contributed by atoms with E-state index in [0.717, 1.165) is 30.2 Å². The molecule has 0 spiro atoms. The Hall–Kier alpha value is -1.29. The van der Waals surface area contributed by atoms with E-state index in [2.05, 4.69) is 4.98 Å². The lowest BCUT2D eigenvalue weighted by Gasteiger charge is -2.11. The van der Waals surface area contributed by atoms with Crippen LogP contribution in [0.4, 0.5) is 13.2 Å². The lowest BCUT2D eigenvalue weighted by Crippen LogP contribution is -2.16. The number of hydrogen-bond donors (Lipinski definition) is 2. The molecule has 10 heteroatoms. The molecule has 0 saturated heterocycles. The number of aromatic nitrogens is 1. The number of nitrogens with zero attached hydrogens (tertiary/aromatic N) is 1. The SMILES string of the molecule is CS(=O)(=O)CCSc1nc(C(F)(F)F)ccc1C(=N)N. The Morgan fingerprint density at radius 3 is 2.50 bits per heavy atom. The second-order valence-electron chi connectivity index (χ2n) is 3.94. The third kappa shape index (κ3) is 5.00. The zero-order chi connectivity index (χ0) is 15.6. The summed E-state index contributed by atoms with van der Waals surface area (Å²) >= 11 is 0.821. The van der Waals surface area contributed by atoms with Gasteiger partial charge >= 0.3 is 6.18 Å². The third-order valence-electron chi connectivity index (χ3n) is 2.13. The number of alkyl halides is 3. The van der Waals surface area contributed by atoms with Gasteiger partial charge in [-0.05, 0) is 12.1 Å². The minimum atomic E-state index is -4.61. The highest BCUT2D eigenvalue weighted by Crippen LogP contribution is 2.30. The van der Waals surface area contributed by atoms with Gasteiger partial charge < -0.3 is 5.73 Å². The van der Waals surface area contributed by atoms with E-state index in [1.54, 1.807) is 0 Å². The lowest BCUT2D eigenvalue weighted by atomic mass is 10.2. The summed E-state index contributed by atoms with van der Waals surface area (Å²) in [4.78, 5) is 3.41. The summed E-state index contributed by atoms with van der Waals surface area (Å²) in [6, 6.07) is 1.79. The molecule has 0 aliphatic rings. The van der Waals surface area contributed by atoms with Gasteiger partial charge in [0.1, 0.15) is 26.4 Å². The van der Waals surface area contributed by atoms with E-state index in [-0.39, 0.29) is 22.1 Å². The molecule has 0 unspecified atom stereocenters. The fourth-order valence-electron chi connectivity index (χ4n) is 1.20. The molecule has 5 nitrogen and oxygen atoms in total. The number of thioether (sulfide) groups is 1. The number of hydrogen-bond acceptors (Lipinski definition) is 5. The zero-order valence-electron chi connectivity index (χ0n) is 10.4. The normalized spacial score (nSPS) is 12.4. The van der Waals surface area contributed by atoms with Gasteiger partial charge in [0, 0.05) is 17.6 Å². The highest BCUT2D eigenvalue weighted by atomic mass is 32.2. The van der Waals surface area contributed by atoms with Crippen molar-refractivity contribution in [3.05, 3.63) is 23.4 Å². The van der Waals surface area contributed by atoms with Gasteiger partial charge in [-0.25, -0.2) is 13.4 Å². The Balaban J connectivity index is 3.04. The summed E-state index contributed by atoms with van der Waals surface area (Å²) in [6.07, 6.45) is -3.58. The summed E-state index contributed by atoms with van der Waals surface area (Å²) < 4.78 is 59.7. The molecule has 1 rings (SSSR count). The molecule has 1 heterocycles. The summed E-state index contributed by atoms with van der Waals surface area (Å²) in [6.45, 7) is 0. The Labute approximate surface area is 118 Å². The van der Waals surface area contributed by atoms with Crippen molar-refractivity contribution in [2.75, 3.05) is 17.8 Å². The third-order valence-corrected chi connectivity index (χ3v) is 4.33. The van der Waals surface area contributed by atoms with Crippen molar-refractivity contribution in [3.8, 4) is 0 Å². The standard InChI is InChI=1S/C10H12F3N3O2S2/c1-20(17,18)5-4-19-9-6(8(14)15)2-3-7(16-9)10(11,12)13/h2-3H,4-5H2,1H3,(H3,14,15). The molecule has 0 radical (unpaired) electrons. The van der Waals surface area contributed by atoms with Crippen LogP contribution in [0.1, 0.15) is 11.3 Å². The maximum absolute atomic E-state index is 12.6. The molecule has 0 fully saturated rings. The van der Waals surface area contributed by atoms with Crippen LogP contribution >= 0.6 is 11.8 Å². The van der Waals surface area contributed by atoms with Crippen molar-refractivity contribution >= 4 is 27.4 Å². The van der Waals surface area contributed by atoms with Crippen molar-refractivity contribution < 1.29 is 21.6 Å². The van der Waals surface area contributed by atoms with E-state index in [9.17, 15) is 21.6 Å². The van der Waals surface area contributed by atoms with Crippen molar-refractivity contribution in [2.24, 2.45) is 5.73 Å². The van der Waals surface area contributed by atoms with Crippen molar-refractivity contribution in [1.82, 2.24) is 4.98 Å². The van der Waals surface area contributed by atoms with Crippen LogP contribution in [-0.2, 0) is 16.0 Å². The second-order valence-corrected chi connectivity index (χ2v) is 7.28. The van der Waals surface area contributed by atoms with E-state index in [0.29, 0.717) is 0 Å². The molecule has 1 aromatic heterocycles. The number of rotatable bonds is 5. The molecule has 112 valence electrons. The van der Waals surface area contributed by atoms with Gasteiger partial charge in [-0.3, -0.25) is 5.41 Å². The number of nitrogens with two attached hydrogens (primary N) is 1. The van der Waals surface area contributed by atoms with Gasteiger partial charge in [-0.15, -0.1) is 11.8 Å².